The third-order valence-electron chi connectivity index (χ3n) is 3.49. The minimum atomic E-state index is -0.833. The molecule has 1 aromatic carbocycles. The van der Waals surface area contributed by atoms with Gasteiger partial charge >= 0.3 is 0 Å². The van der Waals surface area contributed by atoms with E-state index in [2.05, 4.69) is 0 Å². The van der Waals surface area contributed by atoms with Gasteiger partial charge in [0.1, 0.15) is 11.6 Å². The molecular weight excluding hydrogens is 282 g/mol. The Bertz CT molecular complexity index is 565. The SMILES string of the molecule is CN(CCO)C(=O)C1CC(=O)N(c2ccc(F)cc2F)C1. The van der Waals surface area contributed by atoms with Crippen molar-refractivity contribution in [2.24, 2.45) is 5.92 Å². The highest BCUT2D eigenvalue weighted by Crippen LogP contribution is 2.28. The van der Waals surface area contributed by atoms with Crippen LogP contribution in [-0.2, 0) is 9.59 Å². The summed E-state index contributed by atoms with van der Waals surface area (Å²) < 4.78 is 26.6. The first-order valence-electron chi connectivity index (χ1n) is 6.55. The molecule has 5 nitrogen and oxygen atoms in total. The average molecular weight is 298 g/mol. The Kier molecular flexibility index (Phi) is 4.52. The van der Waals surface area contributed by atoms with Crippen LogP contribution in [0.1, 0.15) is 6.42 Å². The molecular formula is C14H16F2N2O3. The minimum Gasteiger partial charge on any atom is -0.395 e. The first kappa shape index (κ1) is 15.4. The molecule has 0 bridgehead atoms. The number of likely N-dealkylation sites (N-methyl/N-ethyl adjacent to an activating group) is 1. The number of anilines is 1. The molecule has 21 heavy (non-hydrogen) atoms. The first-order chi connectivity index (χ1) is 9.93. The molecule has 1 N–H and O–H groups in total. The van der Waals surface area contributed by atoms with Crippen molar-refractivity contribution in [2.45, 2.75) is 6.42 Å². The van der Waals surface area contributed by atoms with Crippen molar-refractivity contribution in [1.29, 1.82) is 0 Å². The molecule has 0 spiro atoms. The zero-order valence-electron chi connectivity index (χ0n) is 11.6. The number of benzene rings is 1. The lowest BCUT2D eigenvalue weighted by molar-refractivity contribution is -0.134. The van der Waals surface area contributed by atoms with Crippen molar-refractivity contribution in [1.82, 2.24) is 4.90 Å². The molecule has 114 valence electrons. The highest BCUT2D eigenvalue weighted by molar-refractivity contribution is 6.00. The van der Waals surface area contributed by atoms with Gasteiger partial charge in [-0.3, -0.25) is 9.59 Å². The Morgan fingerprint density at radius 3 is 2.81 bits per heavy atom. The van der Waals surface area contributed by atoms with Crippen molar-refractivity contribution in [3.05, 3.63) is 29.8 Å². The first-order valence-corrected chi connectivity index (χ1v) is 6.55. The van der Waals surface area contributed by atoms with Gasteiger partial charge < -0.3 is 14.9 Å². The Labute approximate surface area is 120 Å². The summed E-state index contributed by atoms with van der Waals surface area (Å²) in [6, 6.07) is 2.96. The van der Waals surface area contributed by atoms with Crippen LogP contribution in [0.25, 0.3) is 0 Å². The monoisotopic (exact) mass is 298 g/mol. The van der Waals surface area contributed by atoms with E-state index in [0.717, 1.165) is 11.0 Å². The quantitative estimate of drug-likeness (QED) is 0.893. The van der Waals surface area contributed by atoms with Crippen LogP contribution >= 0.6 is 0 Å². The summed E-state index contributed by atoms with van der Waals surface area (Å²) in [5, 5.41) is 8.82. The zero-order valence-corrected chi connectivity index (χ0v) is 11.6. The van der Waals surface area contributed by atoms with Crippen LogP contribution in [0.4, 0.5) is 14.5 Å². The topological polar surface area (TPSA) is 60.9 Å². The van der Waals surface area contributed by atoms with E-state index in [1.165, 1.54) is 18.0 Å². The van der Waals surface area contributed by atoms with Gasteiger partial charge in [-0.1, -0.05) is 0 Å². The summed E-state index contributed by atoms with van der Waals surface area (Å²) in [5.41, 5.74) is -0.0264. The van der Waals surface area contributed by atoms with Crippen LogP contribution in [-0.4, -0.2) is 48.6 Å². The van der Waals surface area contributed by atoms with Crippen LogP contribution in [0, 0.1) is 17.6 Å². The van der Waals surface area contributed by atoms with E-state index in [9.17, 15) is 18.4 Å². The Morgan fingerprint density at radius 2 is 2.19 bits per heavy atom. The van der Waals surface area contributed by atoms with Gasteiger partial charge in [0.25, 0.3) is 0 Å². The lowest BCUT2D eigenvalue weighted by Gasteiger charge is -2.21. The van der Waals surface area contributed by atoms with Crippen molar-refractivity contribution in [3.8, 4) is 0 Å². The van der Waals surface area contributed by atoms with E-state index in [4.69, 9.17) is 5.11 Å². The Hall–Kier alpha value is -2.02. The fourth-order valence-corrected chi connectivity index (χ4v) is 2.38. The number of carbonyl (C=O) groups is 2. The molecule has 0 aromatic heterocycles. The van der Waals surface area contributed by atoms with Crippen molar-refractivity contribution in [2.75, 3.05) is 31.6 Å². The van der Waals surface area contributed by atoms with Crippen LogP contribution in [0.2, 0.25) is 0 Å². The van der Waals surface area contributed by atoms with Gasteiger partial charge in [-0.2, -0.15) is 0 Å². The Morgan fingerprint density at radius 1 is 1.48 bits per heavy atom. The summed E-state index contributed by atoms with van der Waals surface area (Å²) in [6.07, 6.45) is -0.0224. The number of rotatable bonds is 4. The third-order valence-corrected chi connectivity index (χ3v) is 3.49. The van der Waals surface area contributed by atoms with Crippen molar-refractivity contribution < 1.29 is 23.5 Å². The number of carbonyl (C=O) groups excluding carboxylic acids is 2. The molecule has 0 radical (unpaired) electrons. The fraction of sp³-hybridized carbons (Fsp3) is 0.429. The van der Waals surface area contributed by atoms with E-state index >= 15 is 0 Å². The van der Waals surface area contributed by atoms with Gasteiger partial charge in [-0.25, -0.2) is 8.78 Å². The second-order valence-corrected chi connectivity index (χ2v) is 4.98. The maximum atomic E-state index is 13.7. The van der Waals surface area contributed by atoms with Gasteiger partial charge in [0.05, 0.1) is 18.2 Å². The van der Waals surface area contributed by atoms with Gasteiger partial charge in [-0.15, -0.1) is 0 Å². The number of hydrogen-bond donors (Lipinski definition) is 1. The fourth-order valence-electron chi connectivity index (χ4n) is 2.38. The molecule has 7 heteroatoms. The molecule has 2 rings (SSSR count). The number of halogens is 2. The molecule has 1 saturated heterocycles. The predicted octanol–water partition coefficient (Wildman–Crippen LogP) is 0.768. The molecule has 1 aliphatic rings. The summed E-state index contributed by atoms with van der Waals surface area (Å²) in [5.74, 6) is -2.80. The summed E-state index contributed by atoms with van der Waals surface area (Å²) in [4.78, 5) is 26.5. The highest BCUT2D eigenvalue weighted by Gasteiger charge is 2.37. The number of nitrogens with zero attached hydrogens (tertiary/aromatic N) is 2. The standard InChI is InChI=1S/C14H16F2N2O3/c1-17(4-5-19)14(21)9-6-13(20)18(8-9)12-3-2-10(15)7-11(12)16/h2-3,7,9,19H,4-6,8H2,1H3. The van der Waals surface area contributed by atoms with Gasteiger partial charge in [0, 0.05) is 32.6 Å². The molecule has 1 atom stereocenters. The molecule has 1 aliphatic heterocycles. The molecule has 2 amide bonds. The predicted molar refractivity (Wildman–Crippen MR) is 71.5 cm³/mol. The van der Waals surface area contributed by atoms with Crippen LogP contribution in [0.3, 0.4) is 0 Å². The number of aliphatic hydroxyl groups excluding tert-OH is 1. The van der Waals surface area contributed by atoms with Crippen LogP contribution in [0.15, 0.2) is 18.2 Å². The zero-order chi connectivity index (χ0) is 15.6. The average Bonchev–Trinajstić information content (AvgIpc) is 2.80. The largest absolute Gasteiger partial charge is 0.395 e. The van der Waals surface area contributed by atoms with E-state index in [-0.39, 0.29) is 43.6 Å². The second-order valence-electron chi connectivity index (χ2n) is 4.98. The normalized spacial score (nSPS) is 18.2. The number of hydrogen-bond acceptors (Lipinski definition) is 3. The lowest BCUT2D eigenvalue weighted by Crippen LogP contribution is -2.36. The van der Waals surface area contributed by atoms with Crippen LogP contribution in [0.5, 0.6) is 0 Å². The van der Waals surface area contributed by atoms with Gasteiger partial charge in [-0.05, 0) is 12.1 Å². The van der Waals surface area contributed by atoms with E-state index in [0.29, 0.717) is 6.07 Å². The van der Waals surface area contributed by atoms with Gasteiger partial charge in [0.15, 0.2) is 0 Å². The van der Waals surface area contributed by atoms with Gasteiger partial charge in [0.2, 0.25) is 11.8 Å². The smallest absolute Gasteiger partial charge is 0.227 e. The summed E-state index contributed by atoms with van der Waals surface area (Å²) in [7, 11) is 1.53. The molecule has 1 unspecified atom stereocenters. The summed E-state index contributed by atoms with van der Waals surface area (Å²) in [6.45, 7) is 0.0592. The summed E-state index contributed by atoms with van der Waals surface area (Å²) >= 11 is 0. The van der Waals surface area contributed by atoms with Crippen molar-refractivity contribution in [3.63, 3.8) is 0 Å². The number of aliphatic hydroxyl groups is 1. The molecule has 0 saturated carbocycles. The highest BCUT2D eigenvalue weighted by atomic mass is 19.1. The number of amides is 2. The van der Waals surface area contributed by atoms with E-state index in [1.54, 1.807) is 0 Å². The minimum absolute atomic E-state index is 0.0224. The maximum Gasteiger partial charge on any atom is 0.227 e. The Balaban J connectivity index is 2.14. The lowest BCUT2D eigenvalue weighted by atomic mass is 10.1. The second kappa shape index (κ2) is 6.17. The maximum absolute atomic E-state index is 13.7. The molecule has 0 aliphatic carbocycles. The molecule has 1 aromatic rings. The van der Waals surface area contributed by atoms with E-state index < -0.39 is 17.6 Å². The molecule has 1 heterocycles. The van der Waals surface area contributed by atoms with E-state index in [1.807, 2.05) is 0 Å². The third kappa shape index (κ3) is 3.18. The molecule has 1 fully saturated rings. The van der Waals surface area contributed by atoms with Crippen LogP contribution < -0.4 is 4.90 Å². The van der Waals surface area contributed by atoms with Crippen molar-refractivity contribution >= 4 is 17.5 Å².